The summed E-state index contributed by atoms with van der Waals surface area (Å²) in [6, 6.07) is 1.77. The molecule has 1 heterocycles. The third kappa shape index (κ3) is 1.99. The zero-order chi connectivity index (χ0) is 12.8. The Balaban J connectivity index is 2.07. The SMILES string of the molecule is COc1cc2c(c(CC3(N)CC3)c1Cl)OCCO2. The molecule has 1 fully saturated rings. The van der Waals surface area contributed by atoms with Crippen LogP contribution in [0.2, 0.25) is 5.02 Å². The average Bonchev–Trinajstić information content (AvgIpc) is 3.10. The van der Waals surface area contributed by atoms with E-state index in [4.69, 9.17) is 31.5 Å². The number of ether oxygens (including phenoxy) is 3. The zero-order valence-electron chi connectivity index (χ0n) is 10.3. The molecule has 0 bridgehead atoms. The number of hydrogen-bond donors (Lipinski definition) is 1. The monoisotopic (exact) mass is 269 g/mol. The second-order valence-electron chi connectivity index (χ2n) is 4.93. The van der Waals surface area contributed by atoms with Gasteiger partial charge in [0.25, 0.3) is 0 Å². The minimum absolute atomic E-state index is 0.134. The van der Waals surface area contributed by atoms with Crippen LogP contribution in [0, 0.1) is 0 Å². The molecular formula is C13H16ClNO3. The number of nitrogens with two attached hydrogens (primary N) is 1. The van der Waals surface area contributed by atoms with Crippen LogP contribution in [0.4, 0.5) is 0 Å². The maximum Gasteiger partial charge on any atom is 0.166 e. The van der Waals surface area contributed by atoms with E-state index in [1.165, 1.54) is 0 Å². The molecule has 0 spiro atoms. The number of hydrogen-bond acceptors (Lipinski definition) is 4. The highest BCUT2D eigenvalue weighted by molar-refractivity contribution is 6.33. The van der Waals surface area contributed by atoms with Gasteiger partial charge in [0.1, 0.15) is 19.0 Å². The van der Waals surface area contributed by atoms with Gasteiger partial charge < -0.3 is 19.9 Å². The van der Waals surface area contributed by atoms with Crippen molar-refractivity contribution in [3.05, 3.63) is 16.7 Å². The molecular weight excluding hydrogens is 254 g/mol. The molecule has 0 saturated heterocycles. The quantitative estimate of drug-likeness (QED) is 0.914. The molecule has 98 valence electrons. The van der Waals surface area contributed by atoms with E-state index in [0.717, 1.165) is 24.2 Å². The van der Waals surface area contributed by atoms with E-state index in [1.54, 1.807) is 13.2 Å². The molecule has 18 heavy (non-hydrogen) atoms. The van der Waals surface area contributed by atoms with Crippen molar-refractivity contribution < 1.29 is 14.2 Å². The second-order valence-corrected chi connectivity index (χ2v) is 5.31. The van der Waals surface area contributed by atoms with Gasteiger partial charge in [-0.15, -0.1) is 0 Å². The van der Waals surface area contributed by atoms with Crippen LogP contribution in [0.3, 0.4) is 0 Å². The maximum absolute atomic E-state index is 6.36. The lowest BCUT2D eigenvalue weighted by molar-refractivity contribution is 0.169. The third-order valence-electron chi connectivity index (χ3n) is 3.47. The molecule has 5 heteroatoms. The highest BCUT2D eigenvalue weighted by atomic mass is 35.5. The van der Waals surface area contributed by atoms with Crippen molar-refractivity contribution in [1.82, 2.24) is 0 Å². The van der Waals surface area contributed by atoms with Gasteiger partial charge in [-0.05, 0) is 19.3 Å². The minimum atomic E-state index is -0.134. The topological polar surface area (TPSA) is 53.7 Å². The molecule has 1 aliphatic carbocycles. The summed E-state index contributed by atoms with van der Waals surface area (Å²) in [6.07, 6.45) is 2.75. The summed E-state index contributed by atoms with van der Waals surface area (Å²) in [4.78, 5) is 0. The molecule has 1 aromatic carbocycles. The van der Waals surface area contributed by atoms with Gasteiger partial charge in [0.15, 0.2) is 11.5 Å². The van der Waals surface area contributed by atoms with Gasteiger partial charge in [0, 0.05) is 17.2 Å². The first kappa shape index (κ1) is 11.9. The fourth-order valence-electron chi connectivity index (χ4n) is 2.20. The molecule has 3 rings (SSSR count). The van der Waals surface area contributed by atoms with Gasteiger partial charge in [-0.2, -0.15) is 0 Å². The number of benzene rings is 1. The molecule has 0 atom stereocenters. The van der Waals surface area contributed by atoms with E-state index in [0.29, 0.717) is 36.2 Å². The molecule has 0 aromatic heterocycles. The van der Waals surface area contributed by atoms with Crippen molar-refractivity contribution >= 4 is 11.6 Å². The van der Waals surface area contributed by atoms with Crippen LogP contribution in [0.5, 0.6) is 17.2 Å². The van der Waals surface area contributed by atoms with Crippen LogP contribution in [0.15, 0.2) is 6.07 Å². The van der Waals surface area contributed by atoms with Crippen LogP contribution < -0.4 is 19.9 Å². The molecule has 1 aromatic rings. The zero-order valence-corrected chi connectivity index (χ0v) is 11.0. The van der Waals surface area contributed by atoms with E-state index in [9.17, 15) is 0 Å². The Labute approximate surface area is 111 Å². The lowest BCUT2D eigenvalue weighted by Crippen LogP contribution is -2.26. The summed E-state index contributed by atoms with van der Waals surface area (Å²) in [7, 11) is 1.59. The Kier molecular flexibility index (Phi) is 2.79. The number of halogens is 1. The molecule has 4 nitrogen and oxygen atoms in total. The van der Waals surface area contributed by atoms with E-state index < -0.39 is 0 Å². The highest BCUT2D eigenvalue weighted by Crippen LogP contribution is 2.47. The number of fused-ring (bicyclic) bond motifs is 1. The van der Waals surface area contributed by atoms with Gasteiger partial charge in [-0.1, -0.05) is 11.6 Å². The smallest absolute Gasteiger partial charge is 0.166 e. The Hall–Kier alpha value is -1.13. The van der Waals surface area contributed by atoms with Crippen molar-refractivity contribution in [2.75, 3.05) is 20.3 Å². The predicted octanol–water partition coefficient (Wildman–Crippen LogP) is 2.15. The van der Waals surface area contributed by atoms with Crippen LogP contribution in [-0.2, 0) is 6.42 Å². The lowest BCUT2D eigenvalue weighted by atomic mass is 10.0. The average molecular weight is 270 g/mol. The summed E-state index contributed by atoms with van der Waals surface area (Å²) < 4.78 is 16.6. The van der Waals surface area contributed by atoms with Crippen molar-refractivity contribution in [3.63, 3.8) is 0 Å². The van der Waals surface area contributed by atoms with E-state index in [2.05, 4.69) is 0 Å². The fraction of sp³-hybridized carbons (Fsp3) is 0.538. The van der Waals surface area contributed by atoms with E-state index >= 15 is 0 Å². The van der Waals surface area contributed by atoms with Crippen molar-refractivity contribution in [3.8, 4) is 17.2 Å². The molecule has 1 aliphatic heterocycles. The highest BCUT2D eigenvalue weighted by Gasteiger charge is 2.40. The number of methoxy groups -OCH3 is 1. The normalized spacial score (nSPS) is 19.5. The van der Waals surface area contributed by atoms with Gasteiger partial charge in [0.2, 0.25) is 0 Å². The first-order valence-corrected chi connectivity index (χ1v) is 6.45. The van der Waals surface area contributed by atoms with Crippen LogP contribution >= 0.6 is 11.6 Å². The summed E-state index contributed by atoms with van der Waals surface area (Å²) in [5.41, 5.74) is 6.95. The summed E-state index contributed by atoms with van der Waals surface area (Å²) in [5, 5.41) is 0.582. The Morgan fingerprint density at radius 2 is 2.11 bits per heavy atom. The van der Waals surface area contributed by atoms with Gasteiger partial charge in [-0.3, -0.25) is 0 Å². The van der Waals surface area contributed by atoms with E-state index in [1.807, 2.05) is 0 Å². The Morgan fingerprint density at radius 1 is 1.39 bits per heavy atom. The van der Waals surface area contributed by atoms with Crippen LogP contribution in [-0.4, -0.2) is 25.9 Å². The van der Waals surface area contributed by atoms with Crippen molar-refractivity contribution in [1.29, 1.82) is 0 Å². The molecule has 0 amide bonds. The standard InChI is InChI=1S/C13H16ClNO3/c1-16-9-6-10-12(18-5-4-17-10)8(11(9)14)7-13(15)2-3-13/h6H,2-5,7,15H2,1H3. The second kappa shape index (κ2) is 4.21. The van der Waals surface area contributed by atoms with Gasteiger partial charge >= 0.3 is 0 Å². The first-order valence-electron chi connectivity index (χ1n) is 6.07. The molecule has 1 saturated carbocycles. The minimum Gasteiger partial charge on any atom is -0.495 e. The maximum atomic E-state index is 6.36. The third-order valence-corrected chi connectivity index (χ3v) is 3.88. The lowest BCUT2D eigenvalue weighted by Gasteiger charge is -2.24. The Bertz CT molecular complexity index is 486. The first-order chi connectivity index (χ1) is 8.63. The summed E-state index contributed by atoms with van der Waals surface area (Å²) in [5.74, 6) is 2.03. The summed E-state index contributed by atoms with van der Waals surface area (Å²) in [6.45, 7) is 1.09. The van der Waals surface area contributed by atoms with Crippen LogP contribution in [0.25, 0.3) is 0 Å². The van der Waals surface area contributed by atoms with Gasteiger partial charge in [-0.25, -0.2) is 0 Å². The van der Waals surface area contributed by atoms with Crippen LogP contribution in [0.1, 0.15) is 18.4 Å². The van der Waals surface area contributed by atoms with Crippen molar-refractivity contribution in [2.24, 2.45) is 5.73 Å². The molecule has 2 N–H and O–H groups in total. The van der Waals surface area contributed by atoms with Crippen molar-refractivity contribution in [2.45, 2.75) is 24.8 Å². The number of rotatable bonds is 3. The predicted molar refractivity (Wildman–Crippen MR) is 68.9 cm³/mol. The molecule has 0 radical (unpaired) electrons. The van der Waals surface area contributed by atoms with Gasteiger partial charge in [0.05, 0.1) is 12.1 Å². The largest absolute Gasteiger partial charge is 0.495 e. The molecule has 0 unspecified atom stereocenters. The summed E-state index contributed by atoms with van der Waals surface area (Å²) >= 11 is 6.36. The molecule has 2 aliphatic rings. The Morgan fingerprint density at radius 3 is 2.78 bits per heavy atom. The fourth-order valence-corrected chi connectivity index (χ4v) is 2.49. The van der Waals surface area contributed by atoms with E-state index in [-0.39, 0.29) is 5.54 Å².